The van der Waals surface area contributed by atoms with E-state index in [1.807, 2.05) is 0 Å². The minimum Gasteiger partial charge on any atom is -0.353 e. The van der Waals surface area contributed by atoms with E-state index < -0.39 is 0 Å². The Bertz CT molecular complexity index is 785. The smallest absolute Gasteiger partial charge is 0.332 e. The quantitative estimate of drug-likeness (QED) is 0.863. The Kier molecular flexibility index (Phi) is 3.35. The molecule has 0 saturated heterocycles. The van der Waals surface area contributed by atoms with E-state index in [1.165, 1.54) is 24.5 Å². The second-order valence-corrected chi connectivity index (χ2v) is 6.10. The molecule has 2 aromatic heterocycles. The zero-order chi connectivity index (χ0) is 15.1. The molecule has 0 radical (unpaired) electrons. The lowest BCUT2D eigenvalue weighted by molar-refractivity contribution is 0.358. The van der Waals surface area contributed by atoms with Crippen LogP contribution in [0.2, 0.25) is 0 Å². The van der Waals surface area contributed by atoms with Gasteiger partial charge < -0.3 is 10.3 Å². The lowest BCUT2D eigenvalue weighted by Crippen LogP contribution is -2.36. The fourth-order valence-electron chi connectivity index (χ4n) is 3.15. The highest BCUT2D eigenvalue weighted by Crippen LogP contribution is 2.25. The van der Waals surface area contributed by atoms with Crippen molar-refractivity contribution in [1.82, 2.24) is 19.1 Å². The van der Waals surface area contributed by atoms with E-state index in [-0.39, 0.29) is 11.2 Å². The number of nitrogens with one attached hydrogen (secondary N) is 2. The van der Waals surface area contributed by atoms with Crippen molar-refractivity contribution in [2.45, 2.75) is 38.6 Å². The number of rotatable bonds is 2. The van der Waals surface area contributed by atoms with Gasteiger partial charge in [-0.1, -0.05) is 19.8 Å². The van der Waals surface area contributed by atoms with E-state index in [2.05, 4.69) is 22.2 Å². The highest BCUT2D eigenvalue weighted by molar-refractivity contribution is 5.72. The fourth-order valence-corrected chi connectivity index (χ4v) is 3.15. The minimum atomic E-state index is -0.364. The summed E-state index contributed by atoms with van der Waals surface area (Å²) in [6, 6.07) is 0.371. The molecule has 114 valence electrons. The molecule has 0 spiro atoms. The summed E-state index contributed by atoms with van der Waals surface area (Å²) < 4.78 is 2.48. The molecule has 1 aliphatic rings. The maximum Gasteiger partial charge on any atom is 0.332 e. The van der Waals surface area contributed by atoms with Crippen molar-refractivity contribution in [2.24, 2.45) is 20.0 Å². The summed E-state index contributed by atoms with van der Waals surface area (Å²) in [6.07, 6.45) is 4.69. The lowest BCUT2D eigenvalue weighted by Gasteiger charge is -2.27. The van der Waals surface area contributed by atoms with Crippen LogP contribution in [-0.2, 0) is 14.1 Å². The molecule has 0 bridgehead atoms. The molecule has 7 nitrogen and oxygen atoms in total. The second-order valence-electron chi connectivity index (χ2n) is 6.10. The van der Waals surface area contributed by atoms with Crippen molar-refractivity contribution in [2.75, 3.05) is 5.32 Å². The van der Waals surface area contributed by atoms with Gasteiger partial charge in [-0.3, -0.25) is 13.9 Å². The van der Waals surface area contributed by atoms with Gasteiger partial charge in [-0.2, -0.15) is 4.98 Å². The van der Waals surface area contributed by atoms with E-state index in [0.717, 1.165) is 17.4 Å². The number of hydrogen-bond donors (Lipinski definition) is 2. The van der Waals surface area contributed by atoms with E-state index in [0.29, 0.717) is 29.1 Å². The topological polar surface area (TPSA) is 84.7 Å². The molecule has 2 aromatic rings. The van der Waals surface area contributed by atoms with Gasteiger partial charge in [0.15, 0.2) is 11.2 Å². The third-order valence-electron chi connectivity index (χ3n) is 4.37. The number of aryl methyl sites for hydroxylation is 1. The summed E-state index contributed by atoms with van der Waals surface area (Å²) in [6.45, 7) is 2.26. The van der Waals surface area contributed by atoms with Gasteiger partial charge in [0.05, 0.1) is 0 Å². The molecule has 2 N–H and O–H groups in total. The summed E-state index contributed by atoms with van der Waals surface area (Å²) in [4.78, 5) is 31.4. The molecule has 1 saturated carbocycles. The van der Waals surface area contributed by atoms with Gasteiger partial charge in [0, 0.05) is 20.1 Å². The molecule has 2 unspecified atom stereocenters. The number of H-pyrrole nitrogens is 1. The minimum absolute atomic E-state index is 0.342. The van der Waals surface area contributed by atoms with E-state index in [9.17, 15) is 9.59 Å². The molecule has 2 heterocycles. The van der Waals surface area contributed by atoms with E-state index in [4.69, 9.17) is 0 Å². The summed E-state index contributed by atoms with van der Waals surface area (Å²) in [7, 11) is 3.10. The molecule has 0 amide bonds. The van der Waals surface area contributed by atoms with Crippen molar-refractivity contribution in [3.8, 4) is 0 Å². The first-order valence-electron chi connectivity index (χ1n) is 7.39. The van der Waals surface area contributed by atoms with Gasteiger partial charge in [0.25, 0.3) is 5.56 Å². The molecule has 21 heavy (non-hydrogen) atoms. The Morgan fingerprint density at radius 3 is 2.71 bits per heavy atom. The summed E-state index contributed by atoms with van der Waals surface area (Å²) in [5.41, 5.74) is 0.0583. The van der Waals surface area contributed by atoms with Crippen LogP contribution < -0.4 is 16.6 Å². The SMILES string of the molecule is CC1CCCC(Nc2nc3c([nH]2)c(=O)n(C)c(=O)n3C)C1. The maximum atomic E-state index is 12.1. The molecule has 0 aromatic carbocycles. The molecule has 3 rings (SSSR count). The Morgan fingerprint density at radius 2 is 2.00 bits per heavy atom. The van der Waals surface area contributed by atoms with Crippen molar-refractivity contribution in [1.29, 1.82) is 0 Å². The molecule has 0 aliphatic heterocycles. The molecule has 7 heteroatoms. The van der Waals surface area contributed by atoms with Crippen LogP contribution in [0.5, 0.6) is 0 Å². The zero-order valence-corrected chi connectivity index (χ0v) is 12.6. The van der Waals surface area contributed by atoms with Gasteiger partial charge >= 0.3 is 5.69 Å². The van der Waals surface area contributed by atoms with Crippen molar-refractivity contribution < 1.29 is 0 Å². The number of fused-ring (bicyclic) bond motifs is 1. The standard InChI is InChI=1S/C14H21N5O2/c1-8-5-4-6-9(7-8)15-13-16-10-11(17-13)18(2)14(21)19(3)12(10)20/h8-9H,4-7H2,1-3H3,(H2,15,16,17). The predicted molar refractivity (Wildman–Crippen MR) is 81.6 cm³/mol. The maximum absolute atomic E-state index is 12.1. The van der Waals surface area contributed by atoms with Gasteiger partial charge in [0.1, 0.15) is 0 Å². The zero-order valence-electron chi connectivity index (χ0n) is 12.6. The van der Waals surface area contributed by atoms with Gasteiger partial charge in [-0.25, -0.2) is 4.79 Å². The van der Waals surface area contributed by atoms with Crippen LogP contribution in [-0.4, -0.2) is 25.1 Å². The fraction of sp³-hybridized carbons (Fsp3) is 0.643. The summed E-state index contributed by atoms with van der Waals surface area (Å²) in [5.74, 6) is 1.28. The van der Waals surface area contributed by atoms with Crippen LogP contribution in [0.3, 0.4) is 0 Å². The first-order valence-corrected chi connectivity index (χ1v) is 7.39. The Morgan fingerprint density at radius 1 is 1.24 bits per heavy atom. The number of imidazole rings is 1. The first-order chi connectivity index (χ1) is 9.97. The third kappa shape index (κ3) is 2.36. The molecule has 1 fully saturated rings. The van der Waals surface area contributed by atoms with Crippen molar-refractivity contribution >= 4 is 17.1 Å². The number of aromatic nitrogens is 4. The lowest BCUT2D eigenvalue weighted by atomic mass is 9.87. The molecular formula is C14H21N5O2. The van der Waals surface area contributed by atoms with Crippen LogP contribution >= 0.6 is 0 Å². The van der Waals surface area contributed by atoms with Crippen LogP contribution in [0.15, 0.2) is 9.59 Å². The summed E-state index contributed by atoms with van der Waals surface area (Å²) >= 11 is 0. The van der Waals surface area contributed by atoms with Crippen LogP contribution in [0.1, 0.15) is 32.6 Å². The van der Waals surface area contributed by atoms with Gasteiger partial charge in [0.2, 0.25) is 5.95 Å². The van der Waals surface area contributed by atoms with Crippen LogP contribution in [0, 0.1) is 5.92 Å². The number of hydrogen-bond acceptors (Lipinski definition) is 4. The average Bonchev–Trinajstić information content (AvgIpc) is 2.87. The van der Waals surface area contributed by atoms with Gasteiger partial charge in [-0.05, 0) is 18.8 Å². The van der Waals surface area contributed by atoms with Crippen molar-refractivity contribution in [3.05, 3.63) is 20.8 Å². The number of aromatic amines is 1. The van der Waals surface area contributed by atoms with Crippen molar-refractivity contribution in [3.63, 3.8) is 0 Å². The third-order valence-corrected chi connectivity index (χ3v) is 4.37. The Balaban J connectivity index is 1.98. The predicted octanol–water partition coefficient (Wildman–Crippen LogP) is 0.951. The second kappa shape index (κ2) is 5.05. The molecule has 1 aliphatic carbocycles. The number of nitrogens with zero attached hydrogens (tertiary/aromatic N) is 3. The van der Waals surface area contributed by atoms with E-state index in [1.54, 1.807) is 7.05 Å². The summed E-state index contributed by atoms with van der Waals surface area (Å²) in [5, 5.41) is 3.36. The van der Waals surface area contributed by atoms with Crippen LogP contribution in [0.25, 0.3) is 11.2 Å². The van der Waals surface area contributed by atoms with Crippen LogP contribution in [0.4, 0.5) is 5.95 Å². The molecule has 2 atom stereocenters. The Hall–Kier alpha value is -2.05. The highest BCUT2D eigenvalue weighted by Gasteiger charge is 2.20. The largest absolute Gasteiger partial charge is 0.353 e. The first kappa shape index (κ1) is 13.9. The average molecular weight is 291 g/mol. The molecular weight excluding hydrogens is 270 g/mol. The highest BCUT2D eigenvalue weighted by atomic mass is 16.2. The normalized spacial score (nSPS) is 22.6. The monoisotopic (exact) mass is 291 g/mol. The number of anilines is 1. The van der Waals surface area contributed by atoms with Gasteiger partial charge in [-0.15, -0.1) is 0 Å². The Labute approximate surface area is 122 Å². The van der Waals surface area contributed by atoms with E-state index >= 15 is 0 Å².